The molecule has 0 saturated carbocycles. The molecule has 5 nitrogen and oxygen atoms in total. The minimum absolute atomic E-state index is 0.222. The van der Waals surface area contributed by atoms with Gasteiger partial charge in [0.1, 0.15) is 11.0 Å². The van der Waals surface area contributed by atoms with E-state index in [2.05, 4.69) is 5.32 Å². The van der Waals surface area contributed by atoms with Crippen molar-refractivity contribution in [2.45, 2.75) is 18.3 Å². The minimum atomic E-state index is -0.323. The van der Waals surface area contributed by atoms with Gasteiger partial charge in [-0.3, -0.25) is 10.0 Å². The van der Waals surface area contributed by atoms with E-state index in [-0.39, 0.29) is 23.1 Å². The van der Waals surface area contributed by atoms with Crippen LogP contribution in [0.2, 0.25) is 5.02 Å². The Morgan fingerprint density at radius 3 is 3.05 bits per heavy atom. The van der Waals surface area contributed by atoms with E-state index >= 15 is 0 Å². The van der Waals surface area contributed by atoms with Crippen LogP contribution in [0.25, 0.3) is 11.0 Å². The van der Waals surface area contributed by atoms with Crippen LogP contribution in [-0.2, 0) is 0 Å². The third-order valence-corrected chi connectivity index (χ3v) is 4.60. The van der Waals surface area contributed by atoms with Gasteiger partial charge in [-0.2, -0.15) is 0 Å². The summed E-state index contributed by atoms with van der Waals surface area (Å²) in [4.78, 5) is 12.2. The second-order valence-electron chi connectivity index (χ2n) is 4.75. The molecule has 0 fully saturated rings. The number of benzene rings is 1. The molecule has 1 aliphatic rings. The number of carbonyl (C=O) groups is 1. The predicted octanol–water partition coefficient (Wildman–Crippen LogP) is 3.44. The Bertz CT molecular complexity index is 715. The Labute approximate surface area is 130 Å². The molecule has 2 atom stereocenters. The number of hydrogen-bond donors (Lipinski definition) is 2. The molecule has 0 spiro atoms. The second kappa shape index (κ2) is 5.63. The number of rotatable bonds is 3. The standard InChI is InChI=1S/C14H13ClN2O3S/c1-8(14-17(19)4-5-21-14)16-13(18)12-7-9-6-10(15)2-3-11(9)20-12/h2-8,14,19H,1H3,(H,16,18). The van der Waals surface area contributed by atoms with Crippen LogP contribution in [0, 0.1) is 0 Å². The molecule has 0 aliphatic carbocycles. The van der Waals surface area contributed by atoms with Crippen LogP contribution in [0.5, 0.6) is 0 Å². The first kappa shape index (κ1) is 14.3. The molecule has 7 heteroatoms. The molecule has 0 radical (unpaired) electrons. The van der Waals surface area contributed by atoms with Crippen LogP contribution in [0.1, 0.15) is 17.5 Å². The minimum Gasteiger partial charge on any atom is -0.451 e. The number of nitrogens with one attached hydrogen (secondary N) is 1. The van der Waals surface area contributed by atoms with Crippen molar-refractivity contribution in [2.24, 2.45) is 0 Å². The van der Waals surface area contributed by atoms with Crippen molar-refractivity contribution in [2.75, 3.05) is 0 Å². The van der Waals surface area contributed by atoms with E-state index in [9.17, 15) is 10.0 Å². The predicted molar refractivity (Wildman–Crippen MR) is 82.3 cm³/mol. The Hall–Kier alpha value is -1.63. The summed E-state index contributed by atoms with van der Waals surface area (Å²) in [7, 11) is 0. The largest absolute Gasteiger partial charge is 0.451 e. The van der Waals surface area contributed by atoms with E-state index < -0.39 is 0 Å². The number of fused-ring (bicyclic) bond motifs is 1. The Morgan fingerprint density at radius 2 is 2.33 bits per heavy atom. The second-order valence-corrected chi connectivity index (χ2v) is 6.21. The van der Waals surface area contributed by atoms with Gasteiger partial charge in [-0.05, 0) is 36.6 Å². The third kappa shape index (κ3) is 2.88. The molecule has 0 saturated heterocycles. The monoisotopic (exact) mass is 324 g/mol. The molecule has 3 rings (SSSR count). The summed E-state index contributed by atoms with van der Waals surface area (Å²) in [5.41, 5.74) is 0.609. The lowest BCUT2D eigenvalue weighted by Crippen LogP contribution is -2.44. The number of halogens is 1. The van der Waals surface area contributed by atoms with Crippen LogP contribution in [0.4, 0.5) is 0 Å². The number of furan rings is 1. The Morgan fingerprint density at radius 1 is 1.52 bits per heavy atom. The van der Waals surface area contributed by atoms with Crippen molar-refractivity contribution in [1.29, 1.82) is 0 Å². The summed E-state index contributed by atoms with van der Waals surface area (Å²) < 4.78 is 5.51. The average molecular weight is 325 g/mol. The quantitative estimate of drug-likeness (QED) is 0.905. The van der Waals surface area contributed by atoms with Gasteiger partial charge >= 0.3 is 0 Å². The van der Waals surface area contributed by atoms with Crippen molar-refractivity contribution in [1.82, 2.24) is 10.4 Å². The first-order valence-corrected chi connectivity index (χ1v) is 7.66. The van der Waals surface area contributed by atoms with Crippen LogP contribution >= 0.6 is 23.4 Å². The summed E-state index contributed by atoms with van der Waals surface area (Å²) in [6.45, 7) is 1.82. The van der Waals surface area contributed by atoms with Crippen molar-refractivity contribution >= 4 is 40.2 Å². The van der Waals surface area contributed by atoms with E-state index in [0.717, 1.165) is 10.4 Å². The zero-order valence-corrected chi connectivity index (χ0v) is 12.7. The zero-order chi connectivity index (χ0) is 15.0. The van der Waals surface area contributed by atoms with Crippen LogP contribution in [-0.4, -0.2) is 27.6 Å². The molecule has 21 heavy (non-hydrogen) atoms. The first-order valence-electron chi connectivity index (χ1n) is 6.34. The summed E-state index contributed by atoms with van der Waals surface area (Å²) in [6, 6.07) is 6.58. The first-order chi connectivity index (χ1) is 10.0. The van der Waals surface area contributed by atoms with Crippen LogP contribution < -0.4 is 5.32 Å². The van der Waals surface area contributed by atoms with E-state index in [4.69, 9.17) is 16.0 Å². The van der Waals surface area contributed by atoms with E-state index in [1.54, 1.807) is 35.9 Å². The smallest absolute Gasteiger partial charge is 0.287 e. The lowest BCUT2D eigenvalue weighted by molar-refractivity contribution is -0.0549. The lowest BCUT2D eigenvalue weighted by atomic mass is 10.2. The van der Waals surface area contributed by atoms with Gasteiger partial charge in [0.05, 0.1) is 6.04 Å². The van der Waals surface area contributed by atoms with Crippen LogP contribution in [0.15, 0.2) is 40.3 Å². The molecule has 1 aromatic heterocycles. The fraction of sp³-hybridized carbons (Fsp3) is 0.214. The number of nitrogens with zero attached hydrogens (tertiary/aromatic N) is 1. The summed E-state index contributed by atoms with van der Waals surface area (Å²) in [6.07, 6.45) is 1.56. The Balaban J connectivity index is 1.74. The summed E-state index contributed by atoms with van der Waals surface area (Å²) >= 11 is 7.34. The van der Waals surface area contributed by atoms with Gasteiger partial charge in [0, 0.05) is 16.6 Å². The fourth-order valence-electron chi connectivity index (χ4n) is 2.15. The number of thioether (sulfide) groups is 1. The maximum atomic E-state index is 12.2. The molecule has 2 unspecified atom stereocenters. The van der Waals surface area contributed by atoms with E-state index in [1.807, 2.05) is 6.92 Å². The summed E-state index contributed by atoms with van der Waals surface area (Å²) in [5, 5.41) is 16.4. The van der Waals surface area contributed by atoms with E-state index in [1.165, 1.54) is 11.8 Å². The van der Waals surface area contributed by atoms with Crippen molar-refractivity contribution in [3.63, 3.8) is 0 Å². The van der Waals surface area contributed by atoms with Crippen molar-refractivity contribution < 1.29 is 14.4 Å². The Kier molecular flexibility index (Phi) is 3.84. The number of hydrogen-bond acceptors (Lipinski definition) is 5. The van der Waals surface area contributed by atoms with Gasteiger partial charge in [0.2, 0.25) is 0 Å². The third-order valence-electron chi connectivity index (χ3n) is 3.18. The van der Waals surface area contributed by atoms with Gasteiger partial charge in [-0.25, -0.2) is 5.06 Å². The lowest BCUT2D eigenvalue weighted by Gasteiger charge is -2.24. The number of hydroxylamine groups is 2. The molecular formula is C14H13ClN2O3S. The van der Waals surface area contributed by atoms with Crippen molar-refractivity contribution in [3.8, 4) is 0 Å². The fourth-order valence-corrected chi connectivity index (χ4v) is 3.18. The zero-order valence-electron chi connectivity index (χ0n) is 11.1. The molecule has 2 N–H and O–H groups in total. The number of amides is 1. The number of carbonyl (C=O) groups excluding carboxylic acids is 1. The molecule has 1 amide bonds. The highest BCUT2D eigenvalue weighted by atomic mass is 35.5. The normalized spacial score (nSPS) is 19.2. The molecular weight excluding hydrogens is 312 g/mol. The maximum absolute atomic E-state index is 12.2. The molecule has 2 aromatic rings. The highest BCUT2D eigenvalue weighted by Crippen LogP contribution is 2.26. The highest BCUT2D eigenvalue weighted by Gasteiger charge is 2.27. The summed E-state index contributed by atoms with van der Waals surface area (Å²) in [5.74, 6) is -0.102. The molecule has 110 valence electrons. The van der Waals surface area contributed by atoms with Gasteiger partial charge in [-0.15, -0.1) is 11.8 Å². The SMILES string of the molecule is CC(NC(=O)c1cc2cc(Cl)ccc2o1)C1SC=CN1O. The van der Waals surface area contributed by atoms with Gasteiger partial charge in [-0.1, -0.05) is 11.6 Å². The van der Waals surface area contributed by atoms with E-state index in [0.29, 0.717) is 10.6 Å². The van der Waals surface area contributed by atoms with Gasteiger partial charge < -0.3 is 9.73 Å². The van der Waals surface area contributed by atoms with Gasteiger partial charge in [0.15, 0.2) is 5.76 Å². The molecule has 1 aromatic carbocycles. The topological polar surface area (TPSA) is 65.7 Å². The van der Waals surface area contributed by atoms with Gasteiger partial charge in [0.25, 0.3) is 5.91 Å². The average Bonchev–Trinajstić information content (AvgIpc) is 3.04. The molecule has 0 bridgehead atoms. The molecule has 1 aliphatic heterocycles. The molecule has 2 heterocycles. The van der Waals surface area contributed by atoms with Crippen molar-refractivity contribution in [3.05, 3.63) is 46.7 Å². The highest BCUT2D eigenvalue weighted by molar-refractivity contribution is 8.02. The van der Waals surface area contributed by atoms with Crippen LogP contribution in [0.3, 0.4) is 0 Å². The maximum Gasteiger partial charge on any atom is 0.287 e.